The number of rotatable bonds is 3. The fourth-order valence-electron chi connectivity index (χ4n) is 1.42. The van der Waals surface area contributed by atoms with E-state index in [0.29, 0.717) is 0 Å². The van der Waals surface area contributed by atoms with E-state index in [-0.39, 0.29) is 27.4 Å². The van der Waals surface area contributed by atoms with Gasteiger partial charge in [0.15, 0.2) is 11.6 Å². The Labute approximate surface area is 117 Å². The van der Waals surface area contributed by atoms with Crippen LogP contribution < -0.4 is 16.6 Å². The summed E-state index contributed by atoms with van der Waals surface area (Å²) >= 11 is 11.7. The van der Waals surface area contributed by atoms with Crippen LogP contribution in [-0.2, 0) is 0 Å². The number of nitrogens with zero attached hydrogens (tertiary/aromatic N) is 1. The van der Waals surface area contributed by atoms with Gasteiger partial charge in [-0.25, -0.2) is 19.6 Å². The highest BCUT2D eigenvalue weighted by atomic mass is 35.5. The maximum absolute atomic E-state index is 13.1. The van der Waals surface area contributed by atoms with Crippen LogP contribution >= 0.6 is 23.2 Å². The van der Waals surface area contributed by atoms with Crippen molar-refractivity contribution in [3.8, 4) is 0 Å². The third kappa shape index (κ3) is 3.23. The molecule has 0 saturated heterocycles. The van der Waals surface area contributed by atoms with Gasteiger partial charge in [0, 0.05) is 11.8 Å². The summed E-state index contributed by atoms with van der Waals surface area (Å²) in [5, 5.41) is 3.09. The molecule has 19 heavy (non-hydrogen) atoms. The molecule has 0 radical (unpaired) electrons. The normalized spacial score (nSPS) is 10.4. The van der Waals surface area contributed by atoms with Crippen molar-refractivity contribution in [3.63, 3.8) is 0 Å². The Balaban J connectivity index is 2.37. The van der Waals surface area contributed by atoms with Gasteiger partial charge >= 0.3 is 0 Å². The summed E-state index contributed by atoms with van der Waals surface area (Å²) in [5.41, 5.74) is 2.45. The molecule has 1 aromatic heterocycles. The second kappa shape index (κ2) is 5.56. The van der Waals surface area contributed by atoms with E-state index < -0.39 is 11.6 Å². The Morgan fingerprint density at radius 2 is 1.53 bits per heavy atom. The zero-order valence-electron chi connectivity index (χ0n) is 9.35. The average molecular weight is 305 g/mol. The number of nitrogen functional groups attached to an aromatic ring is 1. The quantitative estimate of drug-likeness (QED) is 0.598. The summed E-state index contributed by atoms with van der Waals surface area (Å²) < 4.78 is 26.1. The molecule has 2 rings (SSSR count). The summed E-state index contributed by atoms with van der Waals surface area (Å²) in [6.45, 7) is 0. The number of halogens is 4. The first kappa shape index (κ1) is 13.8. The maximum atomic E-state index is 13.1. The first-order chi connectivity index (χ1) is 8.99. The topological polar surface area (TPSA) is 63.0 Å². The number of nitrogens with one attached hydrogen (secondary N) is 2. The molecule has 0 bridgehead atoms. The highest BCUT2D eigenvalue weighted by Gasteiger charge is 2.10. The predicted molar refractivity (Wildman–Crippen MR) is 71.7 cm³/mol. The minimum atomic E-state index is -0.718. The summed E-state index contributed by atoms with van der Waals surface area (Å²) in [6.07, 6.45) is 0. The number of anilines is 3. The van der Waals surface area contributed by atoms with Gasteiger partial charge in [-0.1, -0.05) is 23.2 Å². The molecule has 0 unspecified atom stereocenters. The standard InChI is InChI=1S/C11H8Cl2F2N4/c12-8-4-9(13)11(19-16)18-10(8)17-7-2-5(14)1-6(15)3-7/h1-4H,16H2,(H2,17,18,19). The monoisotopic (exact) mass is 304 g/mol. The second-order valence-corrected chi connectivity index (χ2v) is 4.39. The largest absolute Gasteiger partial charge is 0.339 e. The summed E-state index contributed by atoms with van der Waals surface area (Å²) in [4.78, 5) is 3.99. The van der Waals surface area contributed by atoms with Gasteiger partial charge in [-0.05, 0) is 18.2 Å². The zero-order valence-corrected chi connectivity index (χ0v) is 10.9. The fraction of sp³-hybridized carbons (Fsp3) is 0. The lowest BCUT2D eigenvalue weighted by atomic mass is 10.3. The Bertz CT molecular complexity index is 602. The molecule has 0 aliphatic carbocycles. The number of hydrogen-bond donors (Lipinski definition) is 3. The first-order valence-corrected chi connectivity index (χ1v) is 5.81. The molecule has 100 valence electrons. The maximum Gasteiger partial charge on any atom is 0.161 e. The van der Waals surface area contributed by atoms with Crippen molar-refractivity contribution in [1.29, 1.82) is 0 Å². The van der Waals surface area contributed by atoms with E-state index in [1.807, 2.05) is 0 Å². The van der Waals surface area contributed by atoms with E-state index in [0.717, 1.165) is 18.2 Å². The lowest BCUT2D eigenvalue weighted by Gasteiger charge is -2.10. The fourth-order valence-corrected chi connectivity index (χ4v) is 1.88. The van der Waals surface area contributed by atoms with E-state index in [9.17, 15) is 8.78 Å². The Kier molecular flexibility index (Phi) is 4.04. The number of pyridine rings is 1. The molecule has 8 heteroatoms. The minimum Gasteiger partial charge on any atom is -0.339 e. The third-order valence-corrected chi connectivity index (χ3v) is 2.77. The number of nitrogens with two attached hydrogens (primary N) is 1. The average Bonchev–Trinajstić information content (AvgIpc) is 2.31. The summed E-state index contributed by atoms with van der Waals surface area (Å²) in [6, 6.07) is 4.37. The molecule has 2 aromatic rings. The Morgan fingerprint density at radius 3 is 2.11 bits per heavy atom. The van der Waals surface area contributed by atoms with Crippen LogP contribution in [0.3, 0.4) is 0 Å². The van der Waals surface area contributed by atoms with Crippen molar-refractivity contribution >= 4 is 40.5 Å². The molecule has 1 heterocycles. The summed E-state index contributed by atoms with van der Waals surface area (Å²) in [7, 11) is 0. The molecule has 0 amide bonds. The minimum absolute atomic E-state index is 0.164. The van der Waals surface area contributed by atoms with Crippen molar-refractivity contribution in [2.45, 2.75) is 0 Å². The molecule has 0 spiro atoms. The van der Waals surface area contributed by atoms with Crippen molar-refractivity contribution in [3.05, 3.63) is 45.9 Å². The van der Waals surface area contributed by atoms with Gasteiger partial charge < -0.3 is 10.7 Å². The predicted octanol–water partition coefficient (Wildman–Crippen LogP) is 3.70. The van der Waals surface area contributed by atoms with Gasteiger partial charge in [0.05, 0.1) is 10.0 Å². The molecule has 4 N–H and O–H groups in total. The van der Waals surface area contributed by atoms with Gasteiger partial charge in [-0.15, -0.1) is 0 Å². The molecule has 4 nitrogen and oxygen atoms in total. The van der Waals surface area contributed by atoms with Crippen molar-refractivity contribution < 1.29 is 8.78 Å². The van der Waals surface area contributed by atoms with E-state index >= 15 is 0 Å². The van der Waals surface area contributed by atoms with E-state index in [4.69, 9.17) is 29.0 Å². The molecule has 0 aliphatic rings. The molecule has 0 fully saturated rings. The zero-order chi connectivity index (χ0) is 14.0. The third-order valence-electron chi connectivity index (χ3n) is 2.19. The number of aromatic nitrogens is 1. The van der Waals surface area contributed by atoms with Gasteiger partial charge in [-0.3, -0.25) is 0 Å². The van der Waals surface area contributed by atoms with E-state index in [1.165, 1.54) is 6.07 Å². The molecule has 0 atom stereocenters. The number of hydrazine groups is 1. The van der Waals surface area contributed by atoms with Crippen LogP contribution in [0.5, 0.6) is 0 Å². The van der Waals surface area contributed by atoms with Gasteiger partial charge in [0.25, 0.3) is 0 Å². The van der Waals surface area contributed by atoms with Crippen LogP contribution in [-0.4, -0.2) is 4.98 Å². The lowest BCUT2D eigenvalue weighted by Crippen LogP contribution is -2.10. The van der Waals surface area contributed by atoms with E-state index in [2.05, 4.69) is 15.7 Å². The molecule has 0 aliphatic heterocycles. The van der Waals surface area contributed by atoms with Crippen LogP contribution in [0.25, 0.3) is 0 Å². The lowest BCUT2D eigenvalue weighted by molar-refractivity contribution is 0.584. The SMILES string of the molecule is NNc1nc(Nc2cc(F)cc(F)c2)c(Cl)cc1Cl. The Morgan fingerprint density at radius 1 is 0.947 bits per heavy atom. The molecule has 1 aromatic carbocycles. The van der Waals surface area contributed by atoms with Crippen molar-refractivity contribution in [2.75, 3.05) is 10.7 Å². The van der Waals surface area contributed by atoms with Crippen LogP contribution in [0.2, 0.25) is 10.0 Å². The Hall–Kier alpha value is -1.63. The van der Waals surface area contributed by atoms with Crippen molar-refractivity contribution in [1.82, 2.24) is 4.98 Å². The highest BCUT2D eigenvalue weighted by molar-refractivity contribution is 6.37. The molecular formula is C11H8Cl2F2N4. The highest BCUT2D eigenvalue weighted by Crippen LogP contribution is 2.30. The van der Waals surface area contributed by atoms with E-state index in [1.54, 1.807) is 0 Å². The number of hydrogen-bond acceptors (Lipinski definition) is 4. The smallest absolute Gasteiger partial charge is 0.161 e. The van der Waals surface area contributed by atoms with Gasteiger partial charge in [0.1, 0.15) is 11.6 Å². The van der Waals surface area contributed by atoms with Gasteiger partial charge in [-0.2, -0.15) is 0 Å². The van der Waals surface area contributed by atoms with Crippen molar-refractivity contribution in [2.24, 2.45) is 5.84 Å². The van der Waals surface area contributed by atoms with Crippen LogP contribution in [0.4, 0.5) is 26.1 Å². The van der Waals surface area contributed by atoms with Crippen LogP contribution in [0, 0.1) is 11.6 Å². The summed E-state index contributed by atoms with van der Waals surface area (Å²) in [5.74, 6) is 4.14. The molecular weight excluding hydrogens is 297 g/mol. The first-order valence-electron chi connectivity index (χ1n) is 5.05. The number of benzene rings is 1. The van der Waals surface area contributed by atoms with Gasteiger partial charge in [0.2, 0.25) is 0 Å². The second-order valence-electron chi connectivity index (χ2n) is 3.58. The molecule has 0 saturated carbocycles. The van der Waals surface area contributed by atoms with Crippen LogP contribution in [0.1, 0.15) is 0 Å². The van der Waals surface area contributed by atoms with Crippen LogP contribution in [0.15, 0.2) is 24.3 Å².